The molecular weight excluding hydrogens is 354 g/mol. The van der Waals surface area contributed by atoms with Crippen LogP contribution in [0.1, 0.15) is 19.4 Å². The maximum atomic E-state index is 6.16. The van der Waals surface area contributed by atoms with Gasteiger partial charge in [0.2, 0.25) is 5.88 Å². The Morgan fingerprint density at radius 1 is 1.29 bits per heavy atom. The molecule has 1 N–H and O–H groups in total. The molecular formula is C15H17BrClN3O. The fourth-order valence-electron chi connectivity index (χ4n) is 1.71. The van der Waals surface area contributed by atoms with Gasteiger partial charge in [0.1, 0.15) is 5.75 Å². The van der Waals surface area contributed by atoms with Gasteiger partial charge in [0.15, 0.2) is 0 Å². The Hall–Kier alpha value is -1.17. The zero-order valence-electron chi connectivity index (χ0n) is 11.9. The van der Waals surface area contributed by atoms with Crippen molar-refractivity contribution in [2.75, 3.05) is 6.54 Å². The van der Waals surface area contributed by atoms with E-state index in [4.69, 9.17) is 16.3 Å². The van der Waals surface area contributed by atoms with Crippen LogP contribution in [0, 0.1) is 5.92 Å². The van der Waals surface area contributed by atoms with E-state index in [2.05, 4.69) is 45.1 Å². The molecule has 2 heterocycles. The first-order chi connectivity index (χ1) is 10.0. The molecule has 2 rings (SSSR count). The zero-order chi connectivity index (χ0) is 15.2. The number of ether oxygens (including phenoxy) is 1. The summed E-state index contributed by atoms with van der Waals surface area (Å²) in [5.41, 5.74) is 0.963. The quantitative estimate of drug-likeness (QED) is 0.817. The maximum absolute atomic E-state index is 6.16. The first-order valence-electron chi connectivity index (χ1n) is 6.68. The van der Waals surface area contributed by atoms with Crippen molar-refractivity contribution < 1.29 is 4.74 Å². The van der Waals surface area contributed by atoms with Crippen LogP contribution in [0.25, 0.3) is 0 Å². The Kier molecular flexibility index (Phi) is 5.96. The summed E-state index contributed by atoms with van der Waals surface area (Å²) in [6, 6.07) is 3.68. The molecule has 0 saturated heterocycles. The molecule has 0 bridgehead atoms. The monoisotopic (exact) mass is 369 g/mol. The molecule has 0 aromatic carbocycles. The lowest BCUT2D eigenvalue weighted by molar-refractivity contribution is 0.459. The Balaban J connectivity index is 2.07. The molecule has 4 nitrogen and oxygen atoms in total. The van der Waals surface area contributed by atoms with Crippen molar-refractivity contribution in [3.63, 3.8) is 0 Å². The van der Waals surface area contributed by atoms with Crippen molar-refractivity contribution in [2.45, 2.75) is 20.4 Å². The highest BCUT2D eigenvalue weighted by Crippen LogP contribution is 2.25. The SMILES string of the molecule is CC(C)CNCc1cc(Oc2cncc(Br)c2)ncc1Cl. The minimum atomic E-state index is 0.501. The minimum absolute atomic E-state index is 0.501. The second-order valence-corrected chi connectivity index (χ2v) is 6.40. The summed E-state index contributed by atoms with van der Waals surface area (Å²) < 4.78 is 6.55. The van der Waals surface area contributed by atoms with E-state index in [1.54, 1.807) is 18.6 Å². The third kappa shape index (κ3) is 5.26. The van der Waals surface area contributed by atoms with E-state index in [1.807, 2.05) is 12.1 Å². The number of nitrogens with zero attached hydrogens (tertiary/aromatic N) is 2. The molecule has 0 aliphatic rings. The molecule has 0 radical (unpaired) electrons. The largest absolute Gasteiger partial charge is 0.437 e. The third-order valence-electron chi connectivity index (χ3n) is 2.68. The number of nitrogens with one attached hydrogen (secondary N) is 1. The second-order valence-electron chi connectivity index (χ2n) is 5.08. The third-order valence-corrected chi connectivity index (χ3v) is 3.45. The highest BCUT2D eigenvalue weighted by Gasteiger charge is 2.06. The van der Waals surface area contributed by atoms with Crippen LogP contribution in [0.4, 0.5) is 0 Å². The Morgan fingerprint density at radius 3 is 2.81 bits per heavy atom. The van der Waals surface area contributed by atoms with Crippen LogP contribution in [-0.4, -0.2) is 16.5 Å². The van der Waals surface area contributed by atoms with Crippen LogP contribution in [0.2, 0.25) is 5.02 Å². The van der Waals surface area contributed by atoms with E-state index in [-0.39, 0.29) is 0 Å². The second kappa shape index (κ2) is 7.73. The van der Waals surface area contributed by atoms with Gasteiger partial charge in [0, 0.05) is 29.5 Å². The average molecular weight is 371 g/mol. The predicted molar refractivity (Wildman–Crippen MR) is 87.8 cm³/mol. The van der Waals surface area contributed by atoms with E-state index < -0.39 is 0 Å². The fraction of sp³-hybridized carbons (Fsp3) is 0.333. The topological polar surface area (TPSA) is 47.0 Å². The zero-order valence-corrected chi connectivity index (χ0v) is 14.3. The summed E-state index contributed by atoms with van der Waals surface area (Å²) in [6.07, 6.45) is 4.94. The van der Waals surface area contributed by atoms with E-state index in [9.17, 15) is 0 Å². The maximum Gasteiger partial charge on any atom is 0.219 e. The summed E-state index contributed by atoms with van der Waals surface area (Å²) in [5, 5.41) is 3.99. The number of halogens is 2. The first-order valence-corrected chi connectivity index (χ1v) is 7.85. The van der Waals surface area contributed by atoms with E-state index in [0.29, 0.717) is 29.1 Å². The standard InChI is InChI=1S/C15H17BrClN3O/c1-10(2)5-18-6-11-3-15(20-9-14(11)17)21-13-4-12(16)7-19-8-13/h3-4,7-10,18H,5-6H2,1-2H3. The highest BCUT2D eigenvalue weighted by atomic mass is 79.9. The van der Waals surface area contributed by atoms with Gasteiger partial charge >= 0.3 is 0 Å². The van der Waals surface area contributed by atoms with Gasteiger partial charge < -0.3 is 10.1 Å². The van der Waals surface area contributed by atoms with Gasteiger partial charge in [-0.25, -0.2) is 4.98 Å². The summed E-state index contributed by atoms with van der Waals surface area (Å²) in [7, 11) is 0. The van der Waals surface area contributed by atoms with Gasteiger partial charge in [-0.05, 0) is 40.0 Å². The van der Waals surface area contributed by atoms with Gasteiger partial charge in [-0.15, -0.1) is 0 Å². The number of aromatic nitrogens is 2. The highest BCUT2D eigenvalue weighted by molar-refractivity contribution is 9.10. The van der Waals surface area contributed by atoms with Gasteiger partial charge in [-0.2, -0.15) is 0 Å². The Morgan fingerprint density at radius 2 is 2.10 bits per heavy atom. The lowest BCUT2D eigenvalue weighted by Crippen LogP contribution is -2.19. The van der Waals surface area contributed by atoms with E-state index in [1.165, 1.54) is 0 Å². The molecule has 2 aromatic rings. The average Bonchev–Trinajstić information content (AvgIpc) is 2.42. The normalized spacial score (nSPS) is 10.9. The lowest BCUT2D eigenvalue weighted by atomic mass is 10.2. The number of hydrogen-bond acceptors (Lipinski definition) is 4. The number of hydrogen-bond donors (Lipinski definition) is 1. The molecule has 0 unspecified atom stereocenters. The van der Waals surface area contributed by atoms with Crippen molar-refractivity contribution in [2.24, 2.45) is 5.92 Å². The van der Waals surface area contributed by atoms with Crippen LogP contribution in [-0.2, 0) is 6.54 Å². The number of pyridine rings is 2. The van der Waals surface area contributed by atoms with Crippen LogP contribution < -0.4 is 10.1 Å². The molecule has 6 heteroatoms. The molecule has 21 heavy (non-hydrogen) atoms. The molecule has 0 aliphatic carbocycles. The molecule has 112 valence electrons. The van der Waals surface area contributed by atoms with Crippen LogP contribution in [0.5, 0.6) is 11.6 Å². The van der Waals surface area contributed by atoms with E-state index in [0.717, 1.165) is 16.6 Å². The molecule has 0 saturated carbocycles. The van der Waals surface area contributed by atoms with Crippen LogP contribution in [0.3, 0.4) is 0 Å². The van der Waals surface area contributed by atoms with Crippen molar-refractivity contribution in [3.05, 3.63) is 45.8 Å². The molecule has 0 spiro atoms. The van der Waals surface area contributed by atoms with Gasteiger partial charge in [0.25, 0.3) is 0 Å². The van der Waals surface area contributed by atoms with Gasteiger partial charge in [-0.3, -0.25) is 4.98 Å². The Labute approximate surface area is 138 Å². The lowest BCUT2D eigenvalue weighted by Gasteiger charge is -2.10. The first kappa shape index (κ1) is 16.2. The molecule has 0 atom stereocenters. The van der Waals surface area contributed by atoms with Crippen LogP contribution >= 0.6 is 27.5 Å². The van der Waals surface area contributed by atoms with E-state index >= 15 is 0 Å². The van der Waals surface area contributed by atoms with Gasteiger partial charge in [-0.1, -0.05) is 25.4 Å². The van der Waals surface area contributed by atoms with Crippen molar-refractivity contribution in [1.82, 2.24) is 15.3 Å². The molecule has 0 fully saturated rings. The molecule has 2 aromatic heterocycles. The number of rotatable bonds is 6. The van der Waals surface area contributed by atoms with Crippen molar-refractivity contribution >= 4 is 27.5 Å². The predicted octanol–water partition coefficient (Wildman–Crippen LogP) is 4.43. The minimum Gasteiger partial charge on any atom is -0.437 e. The summed E-state index contributed by atoms with van der Waals surface area (Å²) in [5.74, 6) is 1.72. The fourth-order valence-corrected chi connectivity index (χ4v) is 2.23. The van der Waals surface area contributed by atoms with Crippen LogP contribution in [0.15, 0.2) is 35.2 Å². The molecule has 0 amide bonds. The van der Waals surface area contributed by atoms with Gasteiger partial charge in [0.05, 0.1) is 11.2 Å². The smallest absolute Gasteiger partial charge is 0.219 e. The summed E-state index contributed by atoms with van der Waals surface area (Å²) in [6.45, 7) is 5.95. The summed E-state index contributed by atoms with van der Waals surface area (Å²) >= 11 is 9.52. The van der Waals surface area contributed by atoms with Crippen molar-refractivity contribution in [3.8, 4) is 11.6 Å². The van der Waals surface area contributed by atoms with Crippen molar-refractivity contribution in [1.29, 1.82) is 0 Å². The Bertz CT molecular complexity index is 607. The summed E-state index contributed by atoms with van der Waals surface area (Å²) in [4.78, 5) is 8.23. The molecule has 0 aliphatic heterocycles.